The van der Waals surface area contributed by atoms with E-state index in [1.807, 2.05) is 30.3 Å². The molecule has 1 aromatic heterocycles. The zero-order valence-electron chi connectivity index (χ0n) is 30.0. The fourth-order valence-corrected chi connectivity index (χ4v) is 6.20. The molecule has 0 radical (unpaired) electrons. The Labute approximate surface area is 306 Å². The summed E-state index contributed by atoms with van der Waals surface area (Å²) in [5.41, 5.74) is 7.00. The third-order valence-electron chi connectivity index (χ3n) is 8.76. The topological polar surface area (TPSA) is 172 Å². The number of amides is 5. The lowest BCUT2D eigenvalue weighted by Gasteiger charge is -2.39. The first-order valence-corrected chi connectivity index (χ1v) is 17.3. The first-order valence-electron chi connectivity index (χ1n) is 17.3. The Bertz CT molecular complexity index is 1850. The summed E-state index contributed by atoms with van der Waals surface area (Å²) in [4.78, 5) is 77.4. The number of Topliss-reactive ketones (excluding diaryl/α,β-unsaturated/α-hetero) is 1. The first-order chi connectivity index (χ1) is 25.1. The average molecular weight is 734 g/mol. The van der Waals surface area contributed by atoms with Crippen molar-refractivity contribution in [2.24, 2.45) is 11.1 Å². The smallest absolute Gasteiger partial charge is 0.255 e. The van der Waals surface area contributed by atoms with E-state index in [2.05, 4.69) is 5.32 Å². The standard InChI is InChI=1S/C39H45F2N5O7/c1-39(2,3)38(32-18-26(30-19-27(40)11-13-31(30)41)23-44(32)22-25-8-5-4-6-9-25)46(37(53)24-47)36(52)20-28(42)21-43-33(49)14-12-29(48)10-7-17-45-34(50)15-16-35(45)51/h4-6,8-9,11,13,15-16,18-19,23,28,38,47H,7,10,12,14,17,20-22,24,42H2,1-3H3,(H,43,49)/t28-,38-/m0/s1. The Balaban J connectivity index is 1.47. The van der Waals surface area contributed by atoms with E-state index < -0.39 is 71.7 Å². The van der Waals surface area contributed by atoms with Crippen molar-refractivity contribution in [1.29, 1.82) is 0 Å². The second kappa shape index (κ2) is 17.9. The first kappa shape index (κ1) is 40.4. The fraction of sp³-hybridized carbons (Fsp3) is 0.385. The molecule has 12 nitrogen and oxygen atoms in total. The molecule has 3 aromatic rings. The largest absolute Gasteiger partial charge is 0.387 e. The number of carbonyl (C=O) groups excluding carboxylic acids is 6. The summed E-state index contributed by atoms with van der Waals surface area (Å²) in [7, 11) is 0. The minimum atomic E-state index is -1.01. The minimum Gasteiger partial charge on any atom is -0.387 e. The Kier molecular flexibility index (Phi) is 13.7. The number of hydrogen-bond donors (Lipinski definition) is 3. The van der Waals surface area contributed by atoms with E-state index in [0.29, 0.717) is 11.3 Å². The Morgan fingerprint density at radius 1 is 0.925 bits per heavy atom. The number of aromatic nitrogens is 1. The average Bonchev–Trinajstić information content (AvgIpc) is 3.66. The van der Waals surface area contributed by atoms with E-state index in [9.17, 15) is 38.3 Å². The zero-order chi connectivity index (χ0) is 38.9. The van der Waals surface area contributed by atoms with Gasteiger partial charge >= 0.3 is 0 Å². The highest BCUT2D eigenvalue weighted by molar-refractivity contribution is 6.12. The summed E-state index contributed by atoms with van der Waals surface area (Å²) in [6.45, 7) is 4.62. The van der Waals surface area contributed by atoms with Crippen molar-refractivity contribution in [3.63, 3.8) is 0 Å². The number of halogens is 2. The van der Waals surface area contributed by atoms with Crippen LogP contribution in [0, 0.1) is 17.0 Å². The predicted octanol–water partition coefficient (Wildman–Crippen LogP) is 3.80. The molecule has 0 fully saturated rings. The van der Waals surface area contributed by atoms with Crippen LogP contribution in [0.15, 0.2) is 72.9 Å². The summed E-state index contributed by atoms with van der Waals surface area (Å²) in [6.07, 6.45) is 3.69. The Morgan fingerprint density at radius 3 is 2.25 bits per heavy atom. The van der Waals surface area contributed by atoms with Gasteiger partial charge in [0.15, 0.2) is 0 Å². The molecule has 4 rings (SSSR count). The Morgan fingerprint density at radius 2 is 1.60 bits per heavy atom. The van der Waals surface area contributed by atoms with Gasteiger partial charge in [-0.15, -0.1) is 0 Å². The highest BCUT2D eigenvalue weighted by atomic mass is 19.1. The molecule has 0 saturated heterocycles. The molecule has 4 N–H and O–H groups in total. The van der Waals surface area contributed by atoms with Gasteiger partial charge in [0.05, 0.1) is 6.04 Å². The molecular formula is C39H45F2N5O7. The second-order valence-electron chi connectivity index (χ2n) is 14.0. The maximum absolute atomic E-state index is 15.0. The van der Waals surface area contributed by atoms with Crippen LogP contribution in [0.3, 0.4) is 0 Å². The molecule has 2 heterocycles. The van der Waals surface area contributed by atoms with Gasteiger partial charge in [-0.1, -0.05) is 51.1 Å². The van der Waals surface area contributed by atoms with Crippen LogP contribution in [0.1, 0.15) is 70.2 Å². The van der Waals surface area contributed by atoms with Crippen LogP contribution >= 0.6 is 0 Å². The lowest BCUT2D eigenvalue weighted by molar-refractivity contribution is -0.153. The number of nitrogens with one attached hydrogen (secondary N) is 1. The van der Waals surface area contributed by atoms with E-state index in [1.54, 1.807) is 37.6 Å². The van der Waals surface area contributed by atoms with Gasteiger partial charge in [-0.05, 0) is 41.7 Å². The number of ketones is 1. The van der Waals surface area contributed by atoms with Gasteiger partial charge < -0.3 is 20.7 Å². The molecule has 1 aliphatic rings. The van der Waals surface area contributed by atoms with Crippen molar-refractivity contribution < 1.29 is 42.7 Å². The van der Waals surface area contributed by atoms with Gasteiger partial charge in [0.2, 0.25) is 11.8 Å². The summed E-state index contributed by atoms with van der Waals surface area (Å²) in [5, 5.41) is 12.6. The number of aliphatic hydroxyl groups excluding tert-OH is 1. The number of nitrogens with zero attached hydrogens (tertiary/aromatic N) is 3. The van der Waals surface area contributed by atoms with Crippen LogP contribution in [0.5, 0.6) is 0 Å². The number of hydrogen-bond acceptors (Lipinski definition) is 8. The summed E-state index contributed by atoms with van der Waals surface area (Å²) in [6, 6.07) is 12.0. The van der Waals surface area contributed by atoms with Crippen molar-refractivity contribution in [2.45, 2.75) is 71.5 Å². The van der Waals surface area contributed by atoms with Crippen molar-refractivity contribution in [1.82, 2.24) is 19.7 Å². The monoisotopic (exact) mass is 733 g/mol. The molecule has 2 aromatic carbocycles. The molecule has 0 aliphatic carbocycles. The molecule has 282 valence electrons. The molecule has 2 atom stereocenters. The molecule has 1 aliphatic heterocycles. The summed E-state index contributed by atoms with van der Waals surface area (Å²) in [5.74, 6) is -4.50. The molecule has 0 unspecified atom stereocenters. The Hall–Kier alpha value is -5.34. The molecule has 0 saturated carbocycles. The quantitative estimate of drug-likeness (QED) is 0.176. The van der Waals surface area contributed by atoms with Crippen molar-refractivity contribution in [2.75, 3.05) is 19.7 Å². The van der Waals surface area contributed by atoms with E-state index >= 15 is 4.39 Å². The predicted molar refractivity (Wildman–Crippen MR) is 191 cm³/mol. The number of rotatable bonds is 17. The normalized spacial score (nSPS) is 14.0. The highest BCUT2D eigenvalue weighted by Crippen LogP contribution is 2.41. The van der Waals surface area contributed by atoms with E-state index in [-0.39, 0.29) is 56.7 Å². The summed E-state index contributed by atoms with van der Waals surface area (Å²) >= 11 is 0. The van der Waals surface area contributed by atoms with Crippen LogP contribution in [0.2, 0.25) is 0 Å². The van der Waals surface area contributed by atoms with Crippen LogP contribution < -0.4 is 11.1 Å². The molecule has 0 spiro atoms. The number of nitrogens with two attached hydrogens (primary N) is 1. The highest BCUT2D eigenvalue weighted by Gasteiger charge is 2.40. The lowest BCUT2D eigenvalue weighted by Crippen LogP contribution is -2.49. The molecule has 5 amide bonds. The summed E-state index contributed by atoms with van der Waals surface area (Å²) < 4.78 is 31.0. The van der Waals surface area contributed by atoms with Gasteiger partial charge in [-0.2, -0.15) is 0 Å². The SMILES string of the molecule is CC(C)(C)[C@H](c1cc(-c2cc(F)ccc2F)cn1Cc1ccccc1)N(C(=O)CO)C(=O)C[C@H](N)CNC(=O)CCC(=O)CCCN1C(=O)C=CC1=O. The van der Waals surface area contributed by atoms with Crippen LogP contribution in [0.25, 0.3) is 11.1 Å². The fourth-order valence-electron chi connectivity index (χ4n) is 6.20. The minimum absolute atomic E-state index is 0.0100. The molecule has 14 heteroatoms. The van der Waals surface area contributed by atoms with Gasteiger partial charge in [-0.3, -0.25) is 38.6 Å². The van der Waals surface area contributed by atoms with Crippen LogP contribution in [-0.4, -0.2) is 80.5 Å². The van der Waals surface area contributed by atoms with Gasteiger partial charge in [0.1, 0.15) is 24.0 Å². The van der Waals surface area contributed by atoms with Gasteiger partial charge in [-0.25, -0.2) is 8.78 Å². The van der Waals surface area contributed by atoms with E-state index in [1.165, 1.54) is 0 Å². The van der Waals surface area contributed by atoms with Gasteiger partial charge in [0, 0.05) is 86.5 Å². The van der Waals surface area contributed by atoms with Crippen LogP contribution in [-0.2, 0) is 35.3 Å². The van der Waals surface area contributed by atoms with Crippen LogP contribution in [0.4, 0.5) is 8.78 Å². The molecule has 53 heavy (non-hydrogen) atoms. The number of aliphatic hydroxyl groups is 1. The maximum atomic E-state index is 15.0. The maximum Gasteiger partial charge on any atom is 0.255 e. The number of imide groups is 2. The third-order valence-corrected chi connectivity index (χ3v) is 8.76. The zero-order valence-corrected chi connectivity index (χ0v) is 30.0. The second-order valence-corrected chi connectivity index (χ2v) is 14.0. The van der Waals surface area contributed by atoms with E-state index in [0.717, 1.165) is 45.7 Å². The van der Waals surface area contributed by atoms with Crippen molar-refractivity contribution >= 4 is 35.3 Å². The number of benzene rings is 2. The molecular weight excluding hydrogens is 688 g/mol. The third kappa shape index (κ3) is 10.8. The lowest BCUT2D eigenvalue weighted by atomic mass is 9.82. The van der Waals surface area contributed by atoms with Crippen molar-refractivity contribution in [3.05, 3.63) is 95.8 Å². The molecule has 0 bridgehead atoms. The van der Waals surface area contributed by atoms with Crippen molar-refractivity contribution in [3.8, 4) is 11.1 Å². The van der Waals surface area contributed by atoms with E-state index in [4.69, 9.17) is 5.73 Å². The van der Waals surface area contributed by atoms with Gasteiger partial charge in [0.25, 0.3) is 17.7 Å². The number of carbonyl (C=O) groups is 6.